The third-order valence-corrected chi connectivity index (χ3v) is 4.65. The van der Waals surface area contributed by atoms with E-state index in [4.69, 9.17) is 0 Å². The fourth-order valence-electron chi connectivity index (χ4n) is 3.45. The van der Waals surface area contributed by atoms with Gasteiger partial charge in [0.25, 0.3) is 0 Å². The Kier molecular flexibility index (Phi) is 3.55. The number of rotatable bonds is 4. The van der Waals surface area contributed by atoms with Crippen molar-refractivity contribution in [2.75, 3.05) is 11.9 Å². The summed E-state index contributed by atoms with van der Waals surface area (Å²) < 4.78 is 0. The van der Waals surface area contributed by atoms with Gasteiger partial charge in [0.15, 0.2) is 0 Å². The van der Waals surface area contributed by atoms with Gasteiger partial charge in [-0.3, -0.25) is 0 Å². The molecule has 2 heteroatoms. The van der Waals surface area contributed by atoms with E-state index in [1.807, 2.05) is 0 Å². The molecule has 2 N–H and O–H groups in total. The second kappa shape index (κ2) is 5.31. The topological polar surface area (TPSA) is 24.1 Å². The Morgan fingerprint density at radius 1 is 1.33 bits per heavy atom. The quantitative estimate of drug-likeness (QED) is 0.849. The maximum Gasteiger partial charge on any atom is 0.0419 e. The minimum Gasteiger partial charge on any atom is -0.384 e. The first-order valence-electron chi connectivity index (χ1n) is 7.42. The zero-order valence-electron chi connectivity index (χ0n) is 11.3. The van der Waals surface area contributed by atoms with E-state index in [-0.39, 0.29) is 0 Å². The summed E-state index contributed by atoms with van der Waals surface area (Å²) in [6, 6.07) is 7.36. The van der Waals surface area contributed by atoms with E-state index in [1.165, 1.54) is 48.9 Å². The predicted octanol–water partition coefficient (Wildman–Crippen LogP) is 3.32. The molecule has 98 valence electrons. The van der Waals surface area contributed by atoms with E-state index in [1.54, 1.807) is 0 Å². The molecule has 1 aliphatic heterocycles. The Bertz CT molecular complexity index is 408. The fraction of sp³-hybridized carbons (Fsp3) is 0.625. The molecule has 1 aromatic rings. The third kappa shape index (κ3) is 2.39. The van der Waals surface area contributed by atoms with Crippen molar-refractivity contribution < 1.29 is 0 Å². The second-order valence-electron chi connectivity index (χ2n) is 5.84. The Labute approximate surface area is 110 Å². The Morgan fingerprint density at radius 3 is 3.00 bits per heavy atom. The maximum absolute atomic E-state index is 3.73. The summed E-state index contributed by atoms with van der Waals surface area (Å²) in [6.07, 6.45) is 6.87. The lowest BCUT2D eigenvalue weighted by molar-refractivity contribution is 0.381. The van der Waals surface area contributed by atoms with Crippen LogP contribution in [0.4, 0.5) is 5.69 Å². The van der Waals surface area contributed by atoms with Gasteiger partial charge in [-0.2, -0.15) is 0 Å². The first-order chi connectivity index (χ1) is 8.84. The zero-order chi connectivity index (χ0) is 12.4. The van der Waals surface area contributed by atoms with Gasteiger partial charge in [0, 0.05) is 24.8 Å². The van der Waals surface area contributed by atoms with Crippen molar-refractivity contribution in [2.45, 2.75) is 51.6 Å². The average Bonchev–Trinajstić information content (AvgIpc) is 3.05. The highest BCUT2D eigenvalue weighted by atomic mass is 14.9. The second-order valence-corrected chi connectivity index (χ2v) is 5.84. The summed E-state index contributed by atoms with van der Waals surface area (Å²) in [4.78, 5) is 0. The summed E-state index contributed by atoms with van der Waals surface area (Å²) in [6.45, 7) is 4.46. The maximum atomic E-state index is 3.73. The molecule has 1 fully saturated rings. The summed E-state index contributed by atoms with van der Waals surface area (Å²) in [7, 11) is 0. The van der Waals surface area contributed by atoms with E-state index in [2.05, 4.69) is 35.8 Å². The highest BCUT2D eigenvalue weighted by Gasteiger charge is 2.21. The van der Waals surface area contributed by atoms with Gasteiger partial charge in [0.2, 0.25) is 0 Å². The Morgan fingerprint density at radius 2 is 2.17 bits per heavy atom. The molecule has 1 unspecified atom stereocenters. The van der Waals surface area contributed by atoms with Crippen LogP contribution in [0, 0.1) is 5.92 Å². The molecule has 0 bridgehead atoms. The van der Waals surface area contributed by atoms with Crippen molar-refractivity contribution >= 4 is 5.69 Å². The molecule has 0 saturated heterocycles. The zero-order valence-corrected chi connectivity index (χ0v) is 11.3. The van der Waals surface area contributed by atoms with Crippen LogP contribution in [0.15, 0.2) is 18.2 Å². The largest absolute Gasteiger partial charge is 0.384 e. The van der Waals surface area contributed by atoms with Crippen LogP contribution in [-0.4, -0.2) is 12.6 Å². The lowest BCUT2D eigenvalue weighted by atomic mass is 9.99. The predicted molar refractivity (Wildman–Crippen MR) is 76.9 cm³/mol. The molecule has 1 heterocycles. The molecule has 0 aromatic heterocycles. The van der Waals surface area contributed by atoms with Crippen LogP contribution in [0.25, 0.3) is 0 Å². The van der Waals surface area contributed by atoms with Gasteiger partial charge >= 0.3 is 0 Å². The van der Waals surface area contributed by atoms with Crippen LogP contribution in [0.2, 0.25) is 0 Å². The number of nitrogens with one attached hydrogen (secondary N) is 2. The van der Waals surface area contributed by atoms with Gasteiger partial charge in [0.05, 0.1) is 0 Å². The average molecular weight is 244 g/mol. The van der Waals surface area contributed by atoms with Gasteiger partial charge in [0.1, 0.15) is 0 Å². The van der Waals surface area contributed by atoms with Crippen molar-refractivity contribution in [3.05, 3.63) is 29.3 Å². The molecule has 1 aliphatic carbocycles. The van der Waals surface area contributed by atoms with Crippen molar-refractivity contribution in [1.82, 2.24) is 5.32 Å². The minimum absolute atomic E-state index is 0.657. The Balaban J connectivity index is 1.61. The highest BCUT2D eigenvalue weighted by Crippen LogP contribution is 2.29. The van der Waals surface area contributed by atoms with Crippen LogP contribution >= 0.6 is 0 Å². The number of hydrogen-bond donors (Lipinski definition) is 2. The molecule has 2 aliphatic rings. The monoisotopic (exact) mass is 244 g/mol. The van der Waals surface area contributed by atoms with Gasteiger partial charge < -0.3 is 10.6 Å². The van der Waals surface area contributed by atoms with Gasteiger partial charge in [-0.1, -0.05) is 31.0 Å². The van der Waals surface area contributed by atoms with Crippen LogP contribution in [0.3, 0.4) is 0 Å². The number of para-hydroxylation sites is 1. The van der Waals surface area contributed by atoms with E-state index in [0.29, 0.717) is 6.04 Å². The smallest absolute Gasteiger partial charge is 0.0419 e. The highest BCUT2D eigenvalue weighted by molar-refractivity contribution is 5.61. The standard InChI is InChI=1S/C16H24N2/c1-12(13-5-2-3-6-13)18-11-15-8-4-7-14-9-10-17-16(14)15/h4,7-8,12-13,17-18H,2-3,5-6,9-11H2,1H3. The van der Waals surface area contributed by atoms with Gasteiger partial charge in [-0.15, -0.1) is 0 Å². The molecular weight excluding hydrogens is 220 g/mol. The minimum atomic E-state index is 0.657. The van der Waals surface area contributed by atoms with E-state index in [0.717, 1.165) is 19.0 Å². The number of fused-ring (bicyclic) bond motifs is 1. The first kappa shape index (κ1) is 12.0. The lowest BCUT2D eigenvalue weighted by Gasteiger charge is -2.21. The van der Waals surface area contributed by atoms with Gasteiger partial charge in [-0.25, -0.2) is 0 Å². The molecule has 1 aromatic carbocycles. The molecule has 1 saturated carbocycles. The van der Waals surface area contributed by atoms with Gasteiger partial charge in [-0.05, 0) is 43.2 Å². The van der Waals surface area contributed by atoms with E-state index < -0.39 is 0 Å². The van der Waals surface area contributed by atoms with Crippen molar-refractivity contribution in [3.8, 4) is 0 Å². The molecule has 3 rings (SSSR count). The molecule has 1 atom stereocenters. The summed E-state index contributed by atoms with van der Waals surface area (Å²) in [5, 5.41) is 7.25. The summed E-state index contributed by atoms with van der Waals surface area (Å²) in [5.41, 5.74) is 4.32. The fourth-order valence-corrected chi connectivity index (χ4v) is 3.45. The molecule has 0 amide bonds. The summed E-state index contributed by atoms with van der Waals surface area (Å²) >= 11 is 0. The molecule has 2 nitrogen and oxygen atoms in total. The van der Waals surface area contributed by atoms with E-state index >= 15 is 0 Å². The molecule has 0 radical (unpaired) electrons. The number of anilines is 1. The lowest BCUT2D eigenvalue weighted by Crippen LogP contribution is -2.31. The van der Waals surface area contributed by atoms with E-state index in [9.17, 15) is 0 Å². The van der Waals surface area contributed by atoms with Crippen molar-refractivity contribution in [2.24, 2.45) is 5.92 Å². The van der Waals surface area contributed by atoms with Crippen molar-refractivity contribution in [1.29, 1.82) is 0 Å². The normalized spacial score (nSPS) is 20.7. The van der Waals surface area contributed by atoms with Crippen LogP contribution in [0.5, 0.6) is 0 Å². The number of hydrogen-bond acceptors (Lipinski definition) is 2. The van der Waals surface area contributed by atoms with Crippen LogP contribution < -0.4 is 10.6 Å². The summed E-state index contributed by atoms with van der Waals surface area (Å²) in [5.74, 6) is 0.898. The first-order valence-corrected chi connectivity index (χ1v) is 7.42. The molecule has 0 spiro atoms. The molecular formula is C16H24N2. The van der Waals surface area contributed by atoms with Crippen LogP contribution in [0.1, 0.15) is 43.7 Å². The molecule has 18 heavy (non-hydrogen) atoms. The third-order valence-electron chi connectivity index (χ3n) is 4.65. The van der Waals surface area contributed by atoms with Crippen molar-refractivity contribution in [3.63, 3.8) is 0 Å². The van der Waals surface area contributed by atoms with Crippen LogP contribution in [-0.2, 0) is 13.0 Å². The number of benzene rings is 1. The Hall–Kier alpha value is -1.02. The SMILES string of the molecule is CC(NCc1cccc2c1NCC2)C1CCCC1.